The lowest BCUT2D eigenvalue weighted by molar-refractivity contribution is -0.126. The molecule has 6 nitrogen and oxygen atoms in total. The number of aromatic nitrogens is 2. The van der Waals surface area contributed by atoms with Crippen LogP contribution in [0.2, 0.25) is 0 Å². The first-order valence-corrected chi connectivity index (χ1v) is 9.33. The monoisotopic (exact) mass is 372 g/mol. The Hall–Kier alpha value is -2.70. The summed E-state index contributed by atoms with van der Waals surface area (Å²) in [5, 5.41) is 7.18. The van der Waals surface area contributed by atoms with E-state index in [2.05, 4.69) is 17.3 Å². The van der Waals surface area contributed by atoms with Gasteiger partial charge in [0.1, 0.15) is 5.82 Å². The Morgan fingerprint density at radius 3 is 2.81 bits per heavy atom. The largest absolute Gasteiger partial charge is 0.355 e. The molecule has 7 heteroatoms. The van der Waals surface area contributed by atoms with Crippen LogP contribution >= 0.6 is 0 Å². The van der Waals surface area contributed by atoms with Crippen LogP contribution in [-0.4, -0.2) is 46.1 Å². The van der Waals surface area contributed by atoms with Crippen molar-refractivity contribution in [1.29, 1.82) is 0 Å². The predicted molar refractivity (Wildman–Crippen MR) is 99.4 cm³/mol. The third kappa shape index (κ3) is 5.15. The van der Waals surface area contributed by atoms with Crippen molar-refractivity contribution in [2.24, 2.45) is 11.8 Å². The molecule has 0 unspecified atom stereocenters. The standard InChI is InChI=1S/C20H25FN4O2/c1-15(13-25-11-3-9-23-25)12-22-19(26)17-4-2-10-24(14-17)20(27)16-5-7-18(21)8-6-16/h3,5-9,11,15,17H,2,4,10,12-14H2,1H3,(H,22,26)/t15-,17+/m1/s1. The van der Waals surface area contributed by atoms with E-state index in [1.54, 1.807) is 11.1 Å². The van der Waals surface area contributed by atoms with E-state index >= 15 is 0 Å². The molecule has 1 aliphatic heterocycles. The zero-order valence-electron chi connectivity index (χ0n) is 15.5. The number of likely N-dealkylation sites (tertiary alicyclic amines) is 1. The second-order valence-corrected chi connectivity index (χ2v) is 7.18. The molecule has 0 aliphatic carbocycles. The normalized spacial score (nSPS) is 18.1. The summed E-state index contributed by atoms with van der Waals surface area (Å²) in [6, 6.07) is 7.40. The molecule has 0 bridgehead atoms. The van der Waals surface area contributed by atoms with E-state index in [0.29, 0.717) is 25.2 Å². The summed E-state index contributed by atoms with van der Waals surface area (Å²) in [4.78, 5) is 26.8. The molecule has 0 spiro atoms. The molecule has 3 rings (SSSR count). The van der Waals surface area contributed by atoms with Gasteiger partial charge in [0, 0.05) is 44.1 Å². The number of benzene rings is 1. The van der Waals surface area contributed by atoms with Crippen molar-refractivity contribution in [2.45, 2.75) is 26.3 Å². The van der Waals surface area contributed by atoms with Crippen LogP contribution < -0.4 is 5.32 Å². The average molecular weight is 372 g/mol. The quantitative estimate of drug-likeness (QED) is 0.846. The van der Waals surface area contributed by atoms with Crippen LogP contribution in [0.5, 0.6) is 0 Å². The maximum absolute atomic E-state index is 13.0. The minimum atomic E-state index is -0.369. The SMILES string of the molecule is C[C@H](CNC(=O)[C@H]1CCCN(C(=O)c2ccc(F)cc2)C1)Cn1cccn1. The first-order valence-electron chi connectivity index (χ1n) is 9.33. The maximum Gasteiger partial charge on any atom is 0.253 e. The molecule has 2 aromatic rings. The Balaban J connectivity index is 1.50. The van der Waals surface area contributed by atoms with Crippen LogP contribution in [0.1, 0.15) is 30.1 Å². The number of piperidine rings is 1. The lowest BCUT2D eigenvalue weighted by Crippen LogP contribution is -2.46. The number of rotatable bonds is 6. The van der Waals surface area contributed by atoms with Crippen molar-refractivity contribution in [2.75, 3.05) is 19.6 Å². The van der Waals surface area contributed by atoms with Crippen molar-refractivity contribution in [3.63, 3.8) is 0 Å². The number of hydrogen-bond acceptors (Lipinski definition) is 3. The molecular weight excluding hydrogens is 347 g/mol. The Bertz CT molecular complexity index is 761. The van der Waals surface area contributed by atoms with Gasteiger partial charge in [-0.05, 0) is 49.1 Å². The summed E-state index contributed by atoms with van der Waals surface area (Å²) in [6.45, 7) is 4.40. The van der Waals surface area contributed by atoms with Crippen molar-refractivity contribution in [3.8, 4) is 0 Å². The lowest BCUT2D eigenvalue weighted by atomic mass is 9.96. The van der Waals surface area contributed by atoms with Crippen molar-refractivity contribution < 1.29 is 14.0 Å². The van der Waals surface area contributed by atoms with Gasteiger partial charge in [0.2, 0.25) is 5.91 Å². The molecule has 1 fully saturated rings. The fourth-order valence-corrected chi connectivity index (χ4v) is 3.36. The highest BCUT2D eigenvalue weighted by atomic mass is 19.1. The number of nitrogens with zero attached hydrogens (tertiary/aromatic N) is 3. The minimum Gasteiger partial charge on any atom is -0.355 e. The van der Waals surface area contributed by atoms with Gasteiger partial charge in [0.25, 0.3) is 5.91 Å². The van der Waals surface area contributed by atoms with E-state index in [-0.39, 0.29) is 29.5 Å². The van der Waals surface area contributed by atoms with E-state index in [4.69, 9.17) is 0 Å². The third-order valence-corrected chi connectivity index (χ3v) is 4.85. The number of hydrogen-bond donors (Lipinski definition) is 1. The van der Waals surface area contributed by atoms with Gasteiger partial charge in [-0.1, -0.05) is 6.92 Å². The molecule has 0 radical (unpaired) electrons. The number of carbonyl (C=O) groups excluding carboxylic acids is 2. The van der Waals surface area contributed by atoms with Gasteiger partial charge >= 0.3 is 0 Å². The highest BCUT2D eigenvalue weighted by Gasteiger charge is 2.29. The third-order valence-electron chi connectivity index (χ3n) is 4.85. The molecule has 1 N–H and O–H groups in total. The van der Waals surface area contributed by atoms with Crippen LogP contribution in [0.3, 0.4) is 0 Å². The fourth-order valence-electron chi connectivity index (χ4n) is 3.36. The van der Waals surface area contributed by atoms with E-state index in [1.165, 1.54) is 24.3 Å². The minimum absolute atomic E-state index is 0.0149. The summed E-state index contributed by atoms with van der Waals surface area (Å²) < 4.78 is 14.9. The lowest BCUT2D eigenvalue weighted by Gasteiger charge is -2.32. The first-order chi connectivity index (χ1) is 13.0. The zero-order valence-corrected chi connectivity index (χ0v) is 15.5. The molecular formula is C20H25FN4O2. The maximum atomic E-state index is 13.0. The number of nitrogens with one attached hydrogen (secondary N) is 1. The smallest absolute Gasteiger partial charge is 0.253 e. The summed E-state index contributed by atoms with van der Waals surface area (Å²) in [5.74, 6) is -0.486. The highest BCUT2D eigenvalue weighted by Crippen LogP contribution is 2.19. The molecule has 1 aromatic heterocycles. The summed E-state index contributed by atoms with van der Waals surface area (Å²) >= 11 is 0. The number of halogens is 1. The van der Waals surface area contributed by atoms with Crippen LogP contribution in [0.15, 0.2) is 42.7 Å². The van der Waals surface area contributed by atoms with E-state index in [0.717, 1.165) is 19.4 Å². The molecule has 1 aliphatic rings. The van der Waals surface area contributed by atoms with Gasteiger partial charge in [0.15, 0.2) is 0 Å². The van der Waals surface area contributed by atoms with Crippen LogP contribution in [-0.2, 0) is 11.3 Å². The first kappa shape index (κ1) is 19.1. The van der Waals surface area contributed by atoms with Crippen LogP contribution in [0.4, 0.5) is 4.39 Å². The summed E-state index contributed by atoms with van der Waals surface area (Å²) in [7, 11) is 0. The van der Waals surface area contributed by atoms with E-state index in [1.807, 2.05) is 16.9 Å². The molecule has 2 amide bonds. The van der Waals surface area contributed by atoms with Gasteiger partial charge in [-0.3, -0.25) is 14.3 Å². The molecule has 0 saturated carbocycles. The number of carbonyl (C=O) groups is 2. The van der Waals surface area contributed by atoms with Crippen LogP contribution in [0, 0.1) is 17.7 Å². The highest BCUT2D eigenvalue weighted by molar-refractivity contribution is 5.94. The van der Waals surface area contributed by atoms with Crippen LogP contribution in [0.25, 0.3) is 0 Å². The van der Waals surface area contributed by atoms with Crippen molar-refractivity contribution >= 4 is 11.8 Å². The zero-order chi connectivity index (χ0) is 19.2. The Morgan fingerprint density at radius 2 is 2.11 bits per heavy atom. The molecule has 144 valence electrons. The molecule has 2 heterocycles. The number of amides is 2. The summed E-state index contributed by atoms with van der Waals surface area (Å²) in [6.07, 6.45) is 5.19. The Morgan fingerprint density at radius 1 is 1.33 bits per heavy atom. The molecule has 1 aromatic carbocycles. The van der Waals surface area contributed by atoms with Crippen molar-refractivity contribution in [1.82, 2.24) is 20.0 Å². The summed E-state index contributed by atoms with van der Waals surface area (Å²) in [5.41, 5.74) is 0.449. The average Bonchev–Trinajstić information content (AvgIpc) is 3.19. The van der Waals surface area contributed by atoms with E-state index < -0.39 is 0 Å². The second kappa shape index (κ2) is 8.79. The van der Waals surface area contributed by atoms with Gasteiger partial charge < -0.3 is 10.2 Å². The topological polar surface area (TPSA) is 67.2 Å². The second-order valence-electron chi connectivity index (χ2n) is 7.18. The molecule has 27 heavy (non-hydrogen) atoms. The molecule has 1 saturated heterocycles. The molecule has 2 atom stereocenters. The van der Waals surface area contributed by atoms with Gasteiger partial charge in [-0.2, -0.15) is 5.10 Å². The Kier molecular flexibility index (Phi) is 6.21. The predicted octanol–water partition coefficient (Wildman–Crippen LogP) is 2.33. The Labute approximate surface area is 158 Å². The van der Waals surface area contributed by atoms with Gasteiger partial charge in [-0.15, -0.1) is 0 Å². The van der Waals surface area contributed by atoms with Gasteiger partial charge in [-0.25, -0.2) is 4.39 Å². The fraction of sp³-hybridized carbons (Fsp3) is 0.450. The van der Waals surface area contributed by atoms with Gasteiger partial charge in [0.05, 0.1) is 5.92 Å². The van der Waals surface area contributed by atoms with Crippen molar-refractivity contribution in [3.05, 3.63) is 54.1 Å². The van der Waals surface area contributed by atoms with E-state index in [9.17, 15) is 14.0 Å².